The van der Waals surface area contributed by atoms with Crippen LogP contribution >= 0.6 is 11.3 Å². The number of hydrogen-bond acceptors (Lipinski definition) is 5. The minimum Gasteiger partial charge on any atom is -0.459 e. The van der Waals surface area contributed by atoms with Crippen LogP contribution < -0.4 is 5.32 Å². The predicted octanol–water partition coefficient (Wildman–Crippen LogP) is 3.22. The molecule has 3 aromatic rings. The zero-order valence-electron chi connectivity index (χ0n) is 14.7. The fourth-order valence-corrected chi connectivity index (χ4v) is 4.36. The molecule has 0 aromatic carbocycles. The van der Waals surface area contributed by atoms with Gasteiger partial charge in [-0.3, -0.25) is 14.4 Å². The van der Waals surface area contributed by atoms with E-state index in [1.807, 2.05) is 17.5 Å². The van der Waals surface area contributed by atoms with Crippen molar-refractivity contribution in [3.05, 3.63) is 64.0 Å². The number of thiophene rings is 1. The van der Waals surface area contributed by atoms with Crippen molar-refractivity contribution in [3.63, 3.8) is 0 Å². The van der Waals surface area contributed by atoms with Crippen LogP contribution in [0.3, 0.4) is 0 Å². The van der Waals surface area contributed by atoms with Gasteiger partial charge in [-0.1, -0.05) is 0 Å². The molecule has 0 spiro atoms. The van der Waals surface area contributed by atoms with Gasteiger partial charge in [-0.15, -0.1) is 11.3 Å². The van der Waals surface area contributed by atoms with Crippen molar-refractivity contribution in [1.82, 2.24) is 20.0 Å². The van der Waals surface area contributed by atoms with Gasteiger partial charge in [0, 0.05) is 37.3 Å². The van der Waals surface area contributed by atoms with Crippen molar-refractivity contribution in [2.45, 2.75) is 32.5 Å². The Bertz CT molecular complexity index is 868. The van der Waals surface area contributed by atoms with Gasteiger partial charge in [-0.25, -0.2) is 0 Å². The first-order valence-corrected chi connectivity index (χ1v) is 9.68. The molecule has 0 unspecified atom stereocenters. The van der Waals surface area contributed by atoms with Crippen molar-refractivity contribution < 1.29 is 9.21 Å². The van der Waals surface area contributed by atoms with E-state index in [1.165, 1.54) is 22.4 Å². The maximum atomic E-state index is 12.0. The number of nitrogens with zero attached hydrogens (tertiary/aromatic N) is 3. The van der Waals surface area contributed by atoms with E-state index in [4.69, 9.17) is 4.42 Å². The number of nitrogens with one attached hydrogen (secondary N) is 1. The first kappa shape index (κ1) is 17.1. The summed E-state index contributed by atoms with van der Waals surface area (Å²) in [4.78, 5) is 15.9. The largest absolute Gasteiger partial charge is 0.459 e. The number of aryl methyl sites for hydroxylation is 1. The summed E-state index contributed by atoms with van der Waals surface area (Å²) in [5.74, 6) is 0.181. The van der Waals surface area contributed by atoms with Gasteiger partial charge in [0.25, 0.3) is 5.91 Å². The highest BCUT2D eigenvalue weighted by molar-refractivity contribution is 7.10. The van der Waals surface area contributed by atoms with Crippen molar-refractivity contribution in [2.75, 3.05) is 13.1 Å². The van der Waals surface area contributed by atoms with Gasteiger partial charge in [0.05, 0.1) is 18.0 Å². The van der Waals surface area contributed by atoms with E-state index in [0.717, 1.165) is 26.1 Å². The average molecular weight is 370 g/mol. The molecule has 0 radical (unpaired) electrons. The van der Waals surface area contributed by atoms with Gasteiger partial charge in [0.15, 0.2) is 5.76 Å². The number of fused-ring (bicyclic) bond motifs is 1. The maximum absolute atomic E-state index is 12.0. The molecule has 136 valence electrons. The standard InChI is InChI=1S/C19H22N4O2S/c1-14-6-10-26-18(14)13-22-11-15(23-16(12-22)5-8-21-23)4-7-20-19(24)17-3-2-9-25-17/h2-3,5-6,8-10,15H,4,7,11-13H2,1H3,(H,20,24)/t15-/m1/s1. The smallest absolute Gasteiger partial charge is 0.286 e. The lowest BCUT2D eigenvalue weighted by atomic mass is 10.1. The van der Waals surface area contributed by atoms with Gasteiger partial charge in [-0.05, 0) is 48.6 Å². The molecular formula is C19H22N4O2S. The predicted molar refractivity (Wildman–Crippen MR) is 100 cm³/mol. The molecule has 0 bridgehead atoms. The van der Waals surface area contributed by atoms with E-state index in [1.54, 1.807) is 12.1 Å². The SMILES string of the molecule is Cc1ccsc1CN1Cc2ccnn2[C@H](CCNC(=O)c2ccco2)C1. The summed E-state index contributed by atoms with van der Waals surface area (Å²) in [5, 5.41) is 9.58. The Balaban J connectivity index is 1.38. The number of furan rings is 1. The topological polar surface area (TPSA) is 63.3 Å². The molecular weight excluding hydrogens is 348 g/mol. The number of hydrogen-bond donors (Lipinski definition) is 1. The third-order valence-corrected chi connectivity index (χ3v) is 5.80. The zero-order valence-corrected chi connectivity index (χ0v) is 15.5. The van der Waals surface area contributed by atoms with Crippen LogP contribution in [0.2, 0.25) is 0 Å². The number of carbonyl (C=O) groups excluding carboxylic acids is 1. The Morgan fingerprint density at radius 3 is 3.12 bits per heavy atom. The summed E-state index contributed by atoms with van der Waals surface area (Å²) in [7, 11) is 0. The summed E-state index contributed by atoms with van der Waals surface area (Å²) in [6.07, 6.45) is 4.21. The molecule has 1 aliphatic heterocycles. The fraction of sp³-hybridized carbons (Fsp3) is 0.368. The van der Waals surface area contributed by atoms with Crippen LogP contribution in [0.15, 0.2) is 46.5 Å². The molecule has 26 heavy (non-hydrogen) atoms. The number of carbonyl (C=O) groups is 1. The van der Waals surface area contributed by atoms with Crippen molar-refractivity contribution >= 4 is 17.2 Å². The van der Waals surface area contributed by atoms with E-state index in [9.17, 15) is 4.79 Å². The van der Waals surface area contributed by atoms with Crippen LogP contribution in [0.4, 0.5) is 0 Å². The second kappa shape index (κ2) is 7.47. The van der Waals surface area contributed by atoms with E-state index >= 15 is 0 Å². The molecule has 1 atom stereocenters. The average Bonchev–Trinajstić information content (AvgIpc) is 3.37. The van der Waals surface area contributed by atoms with Crippen LogP contribution in [0.5, 0.6) is 0 Å². The molecule has 0 saturated heterocycles. The van der Waals surface area contributed by atoms with Gasteiger partial charge in [0.1, 0.15) is 0 Å². The van der Waals surface area contributed by atoms with Crippen molar-refractivity contribution in [1.29, 1.82) is 0 Å². The zero-order chi connectivity index (χ0) is 17.9. The van der Waals surface area contributed by atoms with Crippen LogP contribution in [-0.2, 0) is 13.1 Å². The van der Waals surface area contributed by atoms with E-state index in [2.05, 4.69) is 44.4 Å². The Morgan fingerprint density at radius 2 is 2.35 bits per heavy atom. The minimum absolute atomic E-state index is 0.169. The first-order valence-electron chi connectivity index (χ1n) is 8.80. The van der Waals surface area contributed by atoms with Crippen molar-refractivity contribution in [2.24, 2.45) is 0 Å². The normalized spacial score (nSPS) is 17.2. The molecule has 3 aromatic heterocycles. The van der Waals surface area contributed by atoms with Crippen molar-refractivity contribution in [3.8, 4) is 0 Å². The molecule has 6 nitrogen and oxygen atoms in total. The quantitative estimate of drug-likeness (QED) is 0.724. The highest BCUT2D eigenvalue weighted by Gasteiger charge is 2.26. The minimum atomic E-state index is -0.169. The Kier molecular flexibility index (Phi) is 4.90. The summed E-state index contributed by atoms with van der Waals surface area (Å²) < 4.78 is 7.24. The van der Waals surface area contributed by atoms with Gasteiger partial charge >= 0.3 is 0 Å². The number of rotatable bonds is 6. The lowest BCUT2D eigenvalue weighted by molar-refractivity contribution is 0.0919. The summed E-state index contributed by atoms with van der Waals surface area (Å²) in [6.45, 7) is 5.57. The van der Waals surface area contributed by atoms with E-state index in [0.29, 0.717) is 12.3 Å². The Morgan fingerprint density at radius 1 is 1.42 bits per heavy atom. The highest BCUT2D eigenvalue weighted by atomic mass is 32.1. The van der Waals surface area contributed by atoms with Crippen LogP contribution in [0.1, 0.15) is 39.2 Å². The van der Waals surface area contributed by atoms with Gasteiger partial charge < -0.3 is 9.73 Å². The molecule has 1 N–H and O–H groups in total. The molecule has 1 aliphatic rings. The maximum Gasteiger partial charge on any atom is 0.286 e. The highest BCUT2D eigenvalue weighted by Crippen LogP contribution is 2.26. The molecule has 7 heteroatoms. The van der Waals surface area contributed by atoms with Gasteiger partial charge in [0.2, 0.25) is 0 Å². The molecule has 4 rings (SSSR count). The van der Waals surface area contributed by atoms with Crippen LogP contribution in [-0.4, -0.2) is 33.7 Å². The third kappa shape index (κ3) is 3.59. The van der Waals surface area contributed by atoms with E-state index in [-0.39, 0.29) is 11.9 Å². The Labute approximate surface area is 156 Å². The number of amides is 1. The number of aromatic nitrogens is 2. The summed E-state index contributed by atoms with van der Waals surface area (Å²) in [6, 6.07) is 7.91. The second-order valence-electron chi connectivity index (χ2n) is 6.64. The molecule has 0 aliphatic carbocycles. The molecule has 4 heterocycles. The summed E-state index contributed by atoms with van der Waals surface area (Å²) in [5.41, 5.74) is 2.59. The first-order chi connectivity index (χ1) is 12.7. The Hall–Kier alpha value is -2.38. The second-order valence-corrected chi connectivity index (χ2v) is 7.64. The van der Waals surface area contributed by atoms with Crippen LogP contribution in [0.25, 0.3) is 0 Å². The molecule has 0 fully saturated rings. The lowest BCUT2D eigenvalue weighted by Gasteiger charge is -2.34. The molecule has 0 saturated carbocycles. The monoisotopic (exact) mass is 370 g/mol. The van der Waals surface area contributed by atoms with E-state index < -0.39 is 0 Å². The van der Waals surface area contributed by atoms with Gasteiger partial charge in [-0.2, -0.15) is 5.10 Å². The lowest BCUT2D eigenvalue weighted by Crippen LogP contribution is -2.38. The molecule has 1 amide bonds. The third-order valence-electron chi connectivity index (χ3n) is 4.80. The van der Waals surface area contributed by atoms with Crippen LogP contribution in [0, 0.1) is 6.92 Å². The summed E-state index contributed by atoms with van der Waals surface area (Å²) >= 11 is 1.82. The fourth-order valence-electron chi connectivity index (χ4n) is 3.42.